The minimum atomic E-state index is 0.823. The quantitative estimate of drug-likeness (QED) is 0.137. The number of hydrogen-bond acceptors (Lipinski definition) is 4. The van der Waals surface area contributed by atoms with Crippen molar-refractivity contribution in [1.82, 2.24) is 19.1 Å². The smallest absolute Gasteiger partial charge is 0.0965 e. The van der Waals surface area contributed by atoms with E-state index in [0.717, 1.165) is 68.0 Å². The summed E-state index contributed by atoms with van der Waals surface area (Å²) in [6.07, 6.45) is 3.56. The Kier molecular flexibility index (Phi) is 10.1. The van der Waals surface area contributed by atoms with Crippen LogP contribution in [0.25, 0.3) is 77.5 Å². The first-order valence-electron chi connectivity index (χ1n) is 23.6. The second-order valence-corrected chi connectivity index (χ2v) is 17.5. The molecule has 0 aliphatic rings. The lowest BCUT2D eigenvalue weighted by molar-refractivity contribution is 1.18. The van der Waals surface area contributed by atoms with Gasteiger partial charge in [-0.25, -0.2) is 0 Å². The summed E-state index contributed by atoms with van der Waals surface area (Å²) in [5.41, 5.74) is 17.0. The fourth-order valence-electron chi connectivity index (χ4n) is 10.3. The van der Waals surface area contributed by atoms with Gasteiger partial charge in [0.1, 0.15) is 0 Å². The van der Waals surface area contributed by atoms with Crippen LogP contribution in [-0.2, 0) is 0 Å². The second-order valence-electron chi connectivity index (χ2n) is 17.5. The van der Waals surface area contributed by atoms with Gasteiger partial charge in [-0.2, -0.15) is 0 Å². The molecule has 0 fully saturated rings. The Bertz CT molecular complexity index is 3710. The van der Waals surface area contributed by atoms with Gasteiger partial charge in [-0.1, -0.05) is 133 Å². The summed E-state index contributed by atoms with van der Waals surface area (Å²) in [6.45, 7) is 0. The molecule has 3 heterocycles. The van der Waals surface area contributed by atoms with Gasteiger partial charge >= 0.3 is 0 Å². The van der Waals surface area contributed by atoms with Gasteiger partial charge in [-0.15, -0.1) is 0 Å². The van der Waals surface area contributed by atoms with Gasteiger partial charge in [-0.3, -0.25) is 9.97 Å². The summed E-state index contributed by atoms with van der Waals surface area (Å²) >= 11 is 0. The van der Waals surface area contributed by atoms with E-state index in [-0.39, 0.29) is 0 Å². The fourth-order valence-corrected chi connectivity index (χ4v) is 10.3. The molecule has 330 valence electrons. The summed E-state index contributed by atoms with van der Waals surface area (Å²) in [5, 5.41) is 4.83. The van der Waals surface area contributed by atoms with Crippen LogP contribution < -0.4 is 9.80 Å². The Hall–Kier alpha value is -9.52. The molecule has 0 atom stereocenters. The van der Waals surface area contributed by atoms with E-state index in [9.17, 15) is 0 Å². The first kappa shape index (κ1) is 40.7. The topological polar surface area (TPSA) is 42.1 Å². The minimum Gasteiger partial charge on any atom is -0.310 e. The molecular formula is C64H44N6. The molecule has 0 amide bonds. The number of fused-ring (bicyclic) bond motifs is 6. The summed E-state index contributed by atoms with van der Waals surface area (Å²) in [4.78, 5) is 14.5. The van der Waals surface area contributed by atoms with Crippen molar-refractivity contribution in [3.63, 3.8) is 0 Å². The molecule has 0 radical (unpaired) electrons. The zero-order valence-electron chi connectivity index (χ0n) is 38.1. The third-order valence-corrected chi connectivity index (χ3v) is 13.4. The molecule has 0 saturated heterocycles. The average molecular weight is 897 g/mol. The summed E-state index contributed by atoms with van der Waals surface area (Å²) in [6, 6.07) is 90.7. The van der Waals surface area contributed by atoms with Crippen LogP contribution in [0, 0.1) is 0 Å². The van der Waals surface area contributed by atoms with Crippen LogP contribution in [-0.4, -0.2) is 19.1 Å². The molecule has 0 aliphatic heterocycles. The zero-order valence-corrected chi connectivity index (χ0v) is 38.1. The van der Waals surface area contributed by atoms with E-state index in [1.54, 1.807) is 12.4 Å². The van der Waals surface area contributed by atoms with E-state index >= 15 is 0 Å². The molecule has 13 rings (SSSR count). The van der Waals surface area contributed by atoms with E-state index in [1.165, 1.54) is 43.6 Å². The molecule has 13 aromatic rings. The molecular weight excluding hydrogens is 853 g/mol. The van der Waals surface area contributed by atoms with Crippen molar-refractivity contribution in [2.75, 3.05) is 9.80 Å². The Morgan fingerprint density at radius 3 is 0.971 bits per heavy atom. The average Bonchev–Trinajstić information content (AvgIpc) is 3.95. The van der Waals surface area contributed by atoms with Crippen LogP contribution in [0.3, 0.4) is 0 Å². The van der Waals surface area contributed by atoms with Gasteiger partial charge in [-0.05, 0) is 121 Å². The maximum atomic E-state index is 4.95. The van der Waals surface area contributed by atoms with Gasteiger partial charge in [0.15, 0.2) is 0 Å². The lowest BCUT2D eigenvalue weighted by Gasteiger charge is -2.26. The predicted molar refractivity (Wildman–Crippen MR) is 291 cm³/mol. The largest absolute Gasteiger partial charge is 0.310 e. The number of para-hydroxylation sites is 6. The van der Waals surface area contributed by atoms with Gasteiger partial charge in [0.05, 0.1) is 33.5 Å². The van der Waals surface area contributed by atoms with Gasteiger partial charge in [0.25, 0.3) is 0 Å². The summed E-state index contributed by atoms with van der Waals surface area (Å²) < 4.78 is 4.71. The molecule has 3 aromatic heterocycles. The highest BCUT2D eigenvalue weighted by Crippen LogP contribution is 2.43. The van der Waals surface area contributed by atoms with E-state index in [0.29, 0.717) is 0 Å². The van der Waals surface area contributed by atoms with E-state index in [2.05, 4.69) is 274 Å². The Balaban J connectivity index is 0.854. The monoisotopic (exact) mass is 896 g/mol. The Labute approximate surface area is 405 Å². The molecule has 70 heavy (non-hydrogen) atoms. The number of benzene rings is 10. The second kappa shape index (κ2) is 17.3. The van der Waals surface area contributed by atoms with E-state index < -0.39 is 0 Å². The van der Waals surface area contributed by atoms with Crippen molar-refractivity contribution in [3.8, 4) is 33.9 Å². The van der Waals surface area contributed by atoms with Crippen molar-refractivity contribution in [1.29, 1.82) is 0 Å². The summed E-state index contributed by atoms with van der Waals surface area (Å²) in [5.74, 6) is 0. The maximum absolute atomic E-state index is 4.95. The predicted octanol–water partition coefficient (Wildman–Crippen LogP) is 16.9. The van der Waals surface area contributed by atoms with Crippen molar-refractivity contribution in [3.05, 3.63) is 267 Å². The molecule has 6 heteroatoms. The van der Waals surface area contributed by atoms with Crippen LogP contribution in [0.1, 0.15) is 0 Å². The van der Waals surface area contributed by atoms with Gasteiger partial charge in [0, 0.05) is 90.6 Å². The standard InChI is InChI=1S/C64H44N6/c1-5-17-47(18-6-1)67(53-37-39-61-57(43-53)55-25-13-15-27-59(55)69(61)49-21-9-3-10-22-49)51-33-29-45(30-34-51)63-64(66-42-41-65-63)46-31-35-52(36-32-46)68(48-19-7-2-8-20-48)54-38-40-62-58(44-54)56-26-14-16-28-60(56)70(62)50-23-11-4-12-24-50/h1-44H. The first-order chi connectivity index (χ1) is 34.7. The number of aromatic nitrogens is 4. The third-order valence-electron chi connectivity index (χ3n) is 13.4. The molecule has 0 aliphatic carbocycles. The van der Waals surface area contributed by atoms with Crippen molar-refractivity contribution >= 4 is 77.7 Å². The van der Waals surface area contributed by atoms with Crippen molar-refractivity contribution in [2.45, 2.75) is 0 Å². The summed E-state index contributed by atoms with van der Waals surface area (Å²) in [7, 11) is 0. The molecule has 0 bridgehead atoms. The highest BCUT2D eigenvalue weighted by atomic mass is 15.1. The number of nitrogens with zero attached hydrogens (tertiary/aromatic N) is 6. The van der Waals surface area contributed by atoms with Crippen LogP contribution >= 0.6 is 0 Å². The Morgan fingerprint density at radius 2 is 0.571 bits per heavy atom. The molecule has 0 spiro atoms. The van der Waals surface area contributed by atoms with Crippen LogP contribution in [0.15, 0.2) is 267 Å². The first-order valence-corrected chi connectivity index (χ1v) is 23.6. The number of anilines is 6. The number of rotatable bonds is 10. The molecule has 0 N–H and O–H groups in total. The minimum absolute atomic E-state index is 0.823. The van der Waals surface area contributed by atoms with Gasteiger partial charge < -0.3 is 18.9 Å². The van der Waals surface area contributed by atoms with Crippen LogP contribution in [0.2, 0.25) is 0 Å². The molecule has 6 nitrogen and oxygen atoms in total. The fraction of sp³-hybridized carbons (Fsp3) is 0. The third kappa shape index (κ3) is 7.06. The number of hydrogen-bond donors (Lipinski definition) is 0. The van der Waals surface area contributed by atoms with Crippen LogP contribution in [0.4, 0.5) is 34.1 Å². The molecule has 0 saturated carbocycles. The van der Waals surface area contributed by atoms with Crippen molar-refractivity contribution < 1.29 is 0 Å². The van der Waals surface area contributed by atoms with Crippen molar-refractivity contribution in [2.24, 2.45) is 0 Å². The Morgan fingerprint density at radius 1 is 0.257 bits per heavy atom. The van der Waals surface area contributed by atoms with Crippen LogP contribution in [0.5, 0.6) is 0 Å². The molecule has 10 aromatic carbocycles. The van der Waals surface area contributed by atoms with Gasteiger partial charge in [0.2, 0.25) is 0 Å². The van der Waals surface area contributed by atoms with E-state index in [1.807, 2.05) is 0 Å². The SMILES string of the molecule is c1ccc(N(c2ccc(-c3nccnc3-c3ccc(N(c4ccccc4)c4ccc5c(c4)c4ccccc4n5-c4ccccc4)cc3)cc2)c2ccc3c(c2)c2ccccc2n3-c2ccccc2)cc1. The normalized spacial score (nSPS) is 11.4. The highest BCUT2D eigenvalue weighted by molar-refractivity contribution is 6.12. The lowest BCUT2D eigenvalue weighted by atomic mass is 10.0. The zero-order chi connectivity index (χ0) is 46.4. The lowest BCUT2D eigenvalue weighted by Crippen LogP contribution is -2.10. The van der Waals surface area contributed by atoms with E-state index in [4.69, 9.17) is 9.97 Å². The maximum Gasteiger partial charge on any atom is 0.0965 e. The highest BCUT2D eigenvalue weighted by Gasteiger charge is 2.21. The molecule has 0 unspecified atom stereocenters.